The van der Waals surface area contributed by atoms with E-state index in [4.69, 9.17) is 11.6 Å². The Kier molecular flexibility index (Phi) is 7.62. The predicted molar refractivity (Wildman–Crippen MR) is 125 cm³/mol. The first kappa shape index (κ1) is 24.0. The van der Waals surface area contributed by atoms with Crippen molar-refractivity contribution in [3.05, 3.63) is 57.7 Å². The van der Waals surface area contributed by atoms with Gasteiger partial charge in [-0.3, -0.25) is 0 Å². The van der Waals surface area contributed by atoms with Gasteiger partial charge in [-0.2, -0.15) is 0 Å². The van der Waals surface area contributed by atoms with Gasteiger partial charge in [0.2, 0.25) is 0 Å². The van der Waals surface area contributed by atoms with Crippen molar-refractivity contribution < 1.29 is 17.2 Å². The molecule has 1 aromatic heterocycles. The molecule has 1 aliphatic heterocycles. The second-order valence-corrected chi connectivity index (χ2v) is 9.78. The van der Waals surface area contributed by atoms with Crippen LogP contribution in [-0.2, 0) is 10.0 Å². The van der Waals surface area contributed by atoms with Crippen LogP contribution >= 0.6 is 27.5 Å². The minimum atomic E-state index is -4.17. The molecule has 168 valence electrons. The highest BCUT2D eigenvalue weighted by molar-refractivity contribution is 9.10. The molecule has 2 heterocycles. The normalized spacial score (nSPS) is 14.6. The number of hydrogen-bond donors (Lipinski definition) is 1. The Hall–Kier alpha value is -1.68. The summed E-state index contributed by atoms with van der Waals surface area (Å²) in [5.74, 6) is 0. The molecule has 0 amide bonds. The smallest absolute Gasteiger partial charge is 0.269 e. The lowest BCUT2D eigenvalue weighted by atomic mass is 10.1. The summed E-state index contributed by atoms with van der Waals surface area (Å²) < 4.78 is 56.0. The Balaban J connectivity index is 0.00000132. The monoisotopic (exact) mass is 533 g/mol. The Labute approximate surface area is 194 Å². The number of benzene rings is 2. The van der Waals surface area contributed by atoms with Gasteiger partial charge in [0.25, 0.3) is 16.4 Å². The largest absolute Gasteiger partial charge is 0.368 e. The van der Waals surface area contributed by atoms with Crippen molar-refractivity contribution in [1.29, 1.82) is 0 Å². The molecule has 0 unspecified atom stereocenters. The third-order valence-electron chi connectivity index (χ3n) is 4.91. The van der Waals surface area contributed by atoms with Gasteiger partial charge in [0.15, 0.2) is 0 Å². The number of rotatable bonds is 4. The van der Waals surface area contributed by atoms with E-state index in [-0.39, 0.29) is 26.4 Å². The molecule has 1 N–H and O–H groups in total. The van der Waals surface area contributed by atoms with E-state index in [1.165, 1.54) is 12.1 Å². The summed E-state index contributed by atoms with van der Waals surface area (Å²) in [6.07, 6.45) is -1.82. The van der Waals surface area contributed by atoms with E-state index in [0.29, 0.717) is 23.2 Å². The molecule has 0 radical (unpaired) electrons. The van der Waals surface area contributed by atoms with Crippen LogP contribution in [0.2, 0.25) is 5.02 Å². The van der Waals surface area contributed by atoms with Crippen LogP contribution in [0.15, 0.2) is 52.0 Å². The van der Waals surface area contributed by atoms with E-state index in [1.807, 2.05) is 18.7 Å². The van der Waals surface area contributed by atoms with Crippen molar-refractivity contribution in [2.45, 2.75) is 25.2 Å². The molecular weight excluding hydrogens is 512 g/mol. The number of hydrogen-bond acceptors (Lipinski definition) is 4. The molecule has 2 aromatic carbocycles. The van der Waals surface area contributed by atoms with Gasteiger partial charge >= 0.3 is 0 Å². The lowest BCUT2D eigenvalue weighted by Gasteiger charge is -2.30. The molecular formula is C21H23BrClF2N3O2S. The number of anilines is 1. The Morgan fingerprint density at radius 1 is 1.13 bits per heavy atom. The van der Waals surface area contributed by atoms with Gasteiger partial charge in [0.05, 0.1) is 10.5 Å². The van der Waals surface area contributed by atoms with Crippen molar-refractivity contribution in [3.63, 3.8) is 0 Å². The van der Waals surface area contributed by atoms with Crippen LogP contribution in [0, 0.1) is 0 Å². The third kappa shape index (κ3) is 4.60. The lowest BCUT2D eigenvalue weighted by Crippen LogP contribution is -2.43. The second kappa shape index (κ2) is 9.85. The molecule has 1 saturated heterocycles. The molecule has 0 saturated carbocycles. The summed E-state index contributed by atoms with van der Waals surface area (Å²) in [5.41, 5.74) is 0.444. The van der Waals surface area contributed by atoms with Crippen molar-refractivity contribution in [3.8, 4) is 0 Å². The van der Waals surface area contributed by atoms with Crippen LogP contribution in [0.25, 0.3) is 10.9 Å². The highest BCUT2D eigenvalue weighted by Gasteiger charge is 2.29. The maximum absolute atomic E-state index is 14.0. The van der Waals surface area contributed by atoms with Crippen molar-refractivity contribution in [2.24, 2.45) is 0 Å². The zero-order chi connectivity index (χ0) is 22.8. The first-order valence-corrected chi connectivity index (χ1v) is 12.5. The quantitative estimate of drug-likeness (QED) is 0.469. The number of alkyl halides is 2. The van der Waals surface area contributed by atoms with Gasteiger partial charge in [0.1, 0.15) is 4.90 Å². The van der Waals surface area contributed by atoms with Crippen LogP contribution in [0.5, 0.6) is 0 Å². The van der Waals surface area contributed by atoms with Gasteiger partial charge in [-0.1, -0.05) is 53.5 Å². The van der Waals surface area contributed by atoms with Crippen molar-refractivity contribution >= 4 is 54.1 Å². The van der Waals surface area contributed by atoms with E-state index in [1.54, 1.807) is 24.3 Å². The summed E-state index contributed by atoms with van der Waals surface area (Å²) in [6, 6.07) is 9.27. The number of nitrogens with zero attached hydrogens (tertiary/aromatic N) is 2. The highest BCUT2D eigenvalue weighted by Crippen LogP contribution is 2.40. The van der Waals surface area contributed by atoms with Gasteiger partial charge in [0, 0.05) is 53.5 Å². The summed E-state index contributed by atoms with van der Waals surface area (Å²) >= 11 is 9.50. The topological polar surface area (TPSA) is 54.3 Å². The number of halogens is 4. The Bertz CT molecular complexity index is 1180. The fourth-order valence-corrected chi connectivity index (χ4v) is 5.88. The number of fused-ring (bicyclic) bond motifs is 1. The summed E-state index contributed by atoms with van der Waals surface area (Å²) in [7, 11) is -4.17. The second-order valence-electron chi connectivity index (χ2n) is 6.67. The van der Waals surface area contributed by atoms with E-state index in [2.05, 4.69) is 21.2 Å². The van der Waals surface area contributed by atoms with Gasteiger partial charge in [-0.25, -0.2) is 21.2 Å². The van der Waals surface area contributed by atoms with E-state index in [0.717, 1.165) is 23.3 Å². The minimum absolute atomic E-state index is 0.0327. The first-order chi connectivity index (χ1) is 14.8. The first-order valence-electron chi connectivity index (χ1n) is 9.89. The molecule has 0 spiro atoms. The standard InChI is InChI=1S/C19H17BrClF2N3O2S.C2H6/c20-12-9-15(25-7-5-24-6-8-25)18-13(19(22)23)11-26(16(18)10-12)29(27,28)17-4-2-1-3-14(17)21;1-2/h1-4,9-11,19,24H,5-8H2;1-2H3. The molecule has 0 bridgehead atoms. The zero-order valence-corrected chi connectivity index (χ0v) is 20.2. The van der Waals surface area contributed by atoms with Crippen LogP contribution in [0.4, 0.5) is 14.5 Å². The lowest BCUT2D eigenvalue weighted by molar-refractivity contribution is 0.153. The number of aromatic nitrogens is 1. The molecule has 1 aliphatic rings. The number of nitrogens with one attached hydrogen (secondary N) is 1. The fourth-order valence-electron chi connectivity index (χ4n) is 3.59. The maximum atomic E-state index is 14.0. The Morgan fingerprint density at radius 2 is 1.77 bits per heavy atom. The van der Waals surface area contributed by atoms with Crippen LogP contribution < -0.4 is 10.2 Å². The average Bonchev–Trinajstić information content (AvgIpc) is 3.16. The molecule has 0 aliphatic carbocycles. The molecule has 10 heteroatoms. The predicted octanol–water partition coefficient (Wildman–Crippen LogP) is 5.67. The molecule has 3 aromatic rings. The summed E-state index contributed by atoms with van der Waals surface area (Å²) in [5, 5.41) is 3.49. The van der Waals surface area contributed by atoms with Crippen LogP contribution in [-0.4, -0.2) is 38.6 Å². The fraction of sp³-hybridized carbons (Fsp3) is 0.333. The highest BCUT2D eigenvalue weighted by atomic mass is 79.9. The van der Waals surface area contributed by atoms with Crippen LogP contribution in [0.3, 0.4) is 0 Å². The molecule has 0 atom stereocenters. The molecule has 31 heavy (non-hydrogen) atoms. The van der Waals surface area contributed by atoms with E-state index < -0.39 is 16.4 Å². The molecule has 4 rings (SSSR count). The summed E-state index contributed by atoms with van der Waals surface area (Å²) in [6.45, 7) is 6.71. The van der Waals surface area contributed by atoms with E-state index >= 15 is 0 Å². The van der Waals surface area contributed by atoms with Gasteiger partial charge in [-0.05, 0) is 24.3 Å². The SMILES string of the molecule is CC.O=S(=O)(c1ccccc1Cl)n1cc(C(F)F)c2c(N3CCNCC3)cc(Br)cc21. The van der Waals surface area contributed by atoms with E-state index in [9.17, 15) is 17.2 Å². The molecule has 5 nitrogen and oxygen atoms in total. The minimum Gasteiger partial charge on any atom is -0.368 e. The van der Waals surface area contributed by atoms with Gasteiger partial charge in [-0.15, -0.1) is 0 Å². The van der Waals surface area contributed by atoms with Gasteiger partial charge < -0.3 is 10.2 Å². The average molecular weight is 535 g/mol. The maximum Gasteiger partial charge on any atom is 0.269 e. The van der Waals surface area contributed by atoms with Crippen LogP contribution in [0.1, 0.15) is 25.8 Å². The van der Waals surface area contributed by atoms with Crippen molar-refractivity contribution in [2.75, 3.05) is 31.1 Å². The zero-order valence-electron chi connectivity index (χ0n) is 17.1. The van der Waals surface area contributed by atoms with Crippen molar-refractivity contribution in [1.82, 2.24) is 9.29 Å². The third-order valence-corrected chi connectivity index (χ3v) is 7.54. The number of piperazine rings is 1. The molecule has 1 fully saturated rings. The Morgan fingerprint density at radius 3 is 2.39 bits per heavy atom. The summed E-state index contributed by atoms with van der Waals surface area (Å²) in [4.78, 5) is 1.85.